The van der Waals surface area contributed by atoms with Gasteiger partial charge in [-0.3, -0.25) is 20.0 Å². The van der Waals surface area contributed by atoms with E-state index in [-0.39, 0.29) is 17.9 Å². The van der Waals surface area contributed by atoms with E-state index in [0.717, 1.165) is 15.6 Å². The summed E-state index contributed by atoms with van der Waals surface area (Å²) in [5.41, 5.74) is -0.742. The lowest BCUT2D eigenvalue weighted by Crippen LogP contribution is -2.54. The van der Waals surface area contributed by atoms with Crippen molar-refractivity contribution in [1.82, 2.24) is 30.0 Å². The molecule has 158 valence electrons. The van der Waals surface area contributed by atoms with Crippen molar-refractivity contribution in [2.45, 2.75) is 63.8 Å². The predicted molar refractivity (Wildman–Crippen MR) is 113 cm³/mol. The lowest BCUT2D eigenvalue weighted by atomic mass is 9.89. The fourth-order valence-corrected chi connectivity index (χ4v) is 4.73. The second-order valence-corrected chi connectivity index (χ2v) is 9.93. The second kappa shape index (κ2) is 7.88. The van der Waals surface area contributed by atoms with Gasteiger partial charge in [0.25, 0.3) is 0 Å². The first-order chi connectivity index (χ1) is 14.3. The molecule has 1 aliphatic heterocycles. The third-order valence-corrected chi connectivity index (χ3v) is 6.05. The van der Waals surface area contributed by atoms with Gasteiger partial charge in [0.05, 0.1) is 18.3 Å². The van der Waals surface area contributed by atoms with Crippen LogP contribution in [0.15, 0.2) is 43.2 Å². The topological polar surface area (TPSA) is 94.8 Å². The van der Waals surface area contributed by atoms with Crippen molar-refractivity contribution in [3.63, 3.8) is 0 Å². The number of hydrogen-bond acceptors (Lipinski definition) is 8. The minimum atomic E-state index is -0.967. The van der Waals surface area contributed by atoms with E-state index in [1.54, 1.807) is 40.8 Å². The number of ether oxygens (including phenoxy) is 1. The third kappa shape index (κ3) is 4.27. The van der Waals surface area contributed by atoms with Gasteiger partial charge in [0.15, 0.2) is 0 Å². The number of thiazole rings is 1. The molecular formula is C21H26N6O2S. The molecule has 0 unspecified atom stereocenters. The van der Waals surface area contributed by atoms with E-state index in [9.17, 15) is 4.79 Å². The molecule has 0 amide bonds. The van der Waals surface area contributed by atoms with E-state index < -0.39 is 11.1 Å². The van der Waals surface area contributed by atoms with Crippen molar-refractivity contribution >= 4 is 17.3 Å². The highest BCUT2D eigenvalue weighted by Crippen LogP contribution is 2.46. The van der Waals surface area contributed by atoms with Crippen molar-refractivity contribution in [3.05, 3.63) is 58.8 Å². The number of nitrogens with one attached hydrogen (secondary N) is 1. The molecule has 8 nitrogen and oxygen atoms in total. The quantitative estimate of drug-likeness (QED) is 0.627. The number of aromatic nitrogens is 5. The van der Waals surface area contributed by atoms with E-state index in [4.69, 9.17) is 4.74 Å². The van der Waals surface area contributed by atoms with Crippen LogP contribution < -0.4 is 5.32 Å². The van der Waals surface area contributed by atoms with Crippen LogP contribution in [0.1, 0.15) is 54.7 Å². The average molecular weight is 427 g/mol. The molecule has 0 saturated carbocycles. The highest BCUT2D eigenvalue weighted by molar-refractivity contribution is 7.11. The fourth-order valence-electron chi connectivity index (χ4n) is 3.84. The third-order valence-electron chi connectivity index (χ3n) is 5.05. The van der Waals surface area contributed by atoms with Gasteiger partial charge in [0.2, 0.25) is 0 Å². The Kier molecular flexibility index (Phi) is 5.42. The molecule has 4 rings (SSSR count). The molecule has 3 aromatic rings. The number of rotatable bonds is 5. The van der Waals surface area contributed by atoms with E-state index >= 15 is 0 Å². The molecule has 30 heavy (non-hydrogen) atoms. The zero-order valence-corrected chi connectivity index (χ0v) is 18.4. The Labute approximate surface area is 179 Å². The summed E-state index contributed by atoms with van der Waals surface area (Å²) in [5, 5.41) is 8.84. The van der Waals surface area contributed by atoms with Gasteiger partial charge in [-0.25, -0.2) is 9.78 Å². The molecule has 1 saturated heterocycles. The molecule has 0 aliphatic carbocycles. The summed E-state index contributed by atoms with van der Waals surface area (Å²) in [4.78, 5) is 28.0. The first-order valence-electron chi connectivity index (χ1n) is 9.93. The molecule has 1 aliphatic rings. The molecule has 0 radical (unpaired) electrons. The summed E-state index contributed by atoms with van der Waals surface area (Å²) in [5.74, 6) is -0.373. The Morgan fingerprint density at radius 1 is 1.30 bits per heavy atom. The molecule has 0 bridgehead atoms. The van der Waals surface area contributed by atoms with Gasteiger partial charge in [0.1, 0.15) is 16.1 Å². The zero-order chi connectivity index (χ0) is 21.4. The van der Waals surface area contributed by atoms with Gasteiger partial charge in [-0.2, -0.15) is 5.10 Å². The van der Waals surface area contributed by atoms with Gasteiger partial charge in [-0.05, 0) is 40.2 Å². The number of aryl methyl sites for hydroxylation is 1. The summed E-state index contributed by atoms with van der Waals surface area (Å²) < 4.78 is 7.62. The van der Waals surface area contributed by atoms with Crippen molar-refractivity contribution in [2.24, 2.45) is 0 Å². The molecule has 3 aromatic heterocycles. The van der Waals surface area contributed by atoms with Gasteiger partial charge < -0.3 is 4.74 Å². The number of nitrogens with zero attached hydrogens (tertiary/aromatic N) is 5. The lowest BCUT2D eigenvalue weighted by Gasteiger charge is -2.32. The smallest absolute Gasteiger partial charge is 0.328 e. The van der Waals surface area contributed by atoms with Crippen LogP contribution in [0.2, 0.25) is 0 Å². The zero-order valence-electron chi connectivity index (χ0n) is 17.6. The van der Waals surface area contributed by atoms with Crippen molar-refractivity contribution in [1.29, 1.82) is 0 Å². The van der Waals surface area contributed by atoms with Crippen LogP contribution in [0.4, 0.5) is 0 Å². The van der Waals surface area contributed by atoms with E-state index in [2.05, 4.69) is 25.4 Å². The van der Waals surface area contributed by atoms with Gasteiger partial charge in [0, 0.05) is 48.0 Å². The highest BCUT2D eigenvalue weighted by atomic mass is 32.1. The second-order valence-electron chi connectivity index (χ2n) is 8.66. The molecular weight excluding hydrogens is 400 g/mol. The minimum absolute atomic E-state index is 0.0765. The van der Waals surface area contributed by atoms with Crippen LogP contribution in [-0.2, 0) is 16.1 Å². The van der Waals surface area contributed by atoms with Crippen LogP contribution in [0.3, 0.4) is 0 Å². The summed E-state index contributed by atoms with van der Waals surface area (Å²) in [6.45, 7) is 8.01. The summed E-state index contributed by atoms with van der Waals surface area (Å²) in [7, 11) is 0. The fraction of sp³-hybridized carbons (Fsp3) is 0.476. The summed E-state index contributed by atoms with van der Waals surface area (Å²) in [6.07, 6.45) is 11.0. The first-order valence-corrected chi connectivity index (χ1v) is 10.7. The van der Waals surface area contributed by atoms with Crippen LogP contribution in [-0.4, -0.2) is 41.8 Å². The molecule has 0 spiro atoms. The maximum atomic E-state index is 13.5. The Bertz CT molecular complexity index is 998. The van der Waals surface area contributed by atoms with Gasteiger partial charge in [-0.15, -0.1) is 11.3 Å². The molecule has 1 fully saturated rings. The predicted octanol–water partition coefficient (Wildman–Crippen LogP) is 3.04. The SMILES string of the molecule is Cc1cnc([C@@H]2N[C@](Cn3cccn3)(C(=O)OC(C)(C)C)C[C@@H]2c2cnccn2)s1. The maximum Gasteiger partial charge on any atom is 0.328 e. The number of hydrogen-bond donors (Lipinski definition) is 1. The van der Waals surface area contributed by atoms with Gasteiger partial charge >= 0.3 is 5.97 Å². The van der Waals surface area contributed by atoms with Gasteiger partial charge in [-0.1, -0.05) is 0 Å². The van der Waals surface area contributed by atoms with Crippen LogP contribution in [0, 0.1) is 6.92 Å². The largest absolute Gasteiger partial charge is 0.459 e. The van der Waals surface area contributed by atoms with Crippen LogP contribution >= 0.6 is 11.3 Å². The normalized spacial score (nSPS) is 24.1. The van der Waals surface area contributed by atoms with E-state index in [1.807, 2.05) is 46.2 Å². The Morgan fingerprint density at radius 2 is 2.13 bits per heavy atom. The summed E-state index contributed by atoms with van der Waals surface area (Å²) >= 11 is 1.62. The van der Waals surface area contributed by atoms with Crippen molar-refractivity contribution in [3.8, 4) is 0 Å². The first kappa shape index (κ1) is 20.6. The number of esters is 1. The lowest BCUT2D eigenvalue weighted by molar-refractivity contribution is -0.163. The van der Waals surface area contributed by atoms with Crippen molar-refractivity contribution in [2.75, 3.05) is 0 Å². The minimum Gasteiger partial charge on any atom is -0.459 e. The van der Waals surface area contributed by atoms with Crippen LogP contribution in [0.5, 0.6) is 0 Å². The van der Waals surface area contributed by atoms with Crippen molar-refractivity contribution < 1.29 is 9.53 Å². The highest BCUT2D eigenvalue weighted by Gasteiger charge is 2.54. The average Bonchev–Trinajstić information content (AvgIpc) is 3.42. The standard InChI is InChI=1S/C21H26N6O2S/c1-14-11-24-18(30-14)17-15(16-12-22-7-8-23-16)10-21(26-17,13-27-9-5-6-25-27)19(28)29-20(2,3)4/h5-9,11-12,15,17,26H,10,13H2,1-4H3/t15-,17-,21-/m1/s1. The van der Waals surface area contributed by atoms with E-state index in [1.165, 1.54) is 0 Å². The molecule has 3 atom stereocenters. The Hall–Kier alpha value is -2.65. The van der Waals surface area contributed by atoms with Crippen LogP contribution in [0.25, 0.3) is 0 Å². The number of carbonyl (C=O) groups is 1. The summed E-state index contributed by atoms with van der Waals surface area (Å²) in [6, 6.07) is 1.67. The molecule has 0 aromatic carbocycles. The number of carbonyl (C=O) groups excluding carboxylic acids is 1. The molecule has 1 N–H and O–H groups in total. The van der Waals surface area contributed by atoms with E-state index in [0.29, 0.717) is 13.0 Å². The molecule has 4 heterocycles. The Morgan fingerprint density at radius 3 is 2.73 bits per heavy atom. The molecule has 9 heteroatoms. The maximum absolute atomic E-state index is 13.5. The Balaban J connectivity index is 1.76. The monoisotopic (exact) mass is 426 g/mol.